The van der Waals surface area contributed by atoms with Crippen LogP contribution in [0.3, 0.4) is 0 Å². The maximum atomic E-state index is 12.3. The number of aromatic nitrogens is 1. The molecule has 2 heterocycles. The van der Waals surface area contributed by atoms with Gasteiger partial charge in [-0.2, -0.15) is 0 Å². The molecule has 3 rings (SSSR count). The number of aryl methyl sites for hydroxylation is 1. The lowest BCUT2D eigenvalue weighted by Crippen LogP contribution is -2.38. The molecule has 1 saturated carbocycles. The van der Waals surface area contributed by atoms with Crippen molar-refractivity contribution in [2.45, 2.75) is 32.6 Å². The summed E-state index contributed by atoms with van der Waals surface area (Å²) >= 11 is 0. The van der Waals surface area contributed by atoms with Crippen LogP contribution < -0.4 is 5.32 Å². The van der Waals surface area contributed by atoms with Crippen LogP contribution in [0.25, 0.3) is 0 Å². The van der Waals surface area contributed by atoms with Crippen LogP contribution in [-0.2, 0) is 14.4 Å². The third-order valence-corrected chi connectivity index (χ3v) is 4.41. The molecule has 1 saturated heterocycles. The lowest BCUT2D eigenvalue weighted by atomic mass is 9.81. The minimum absolute atomic E-state index is 0.193. The second-order valence-corrected chi connectivity index (χ2v) is 6.03. The van der Waals surface area contributed by atoms with Crippen LogP contribution in [-0.4, -0.2) is 34.2 Å². The van der Waals surface area contributed by atoms with Gasteiger partial charge >= 0.3 is 0 Å². The van der Waals surface area contributed by atoms with Crippen molar-refractivity contribution in [1.82, 2.24) is 9.88 Å². The van der Waals surface area contributed by atoms with Crippen molar-refractivity contribution < 1.29 is 14.4 Å². The summed E-state index contributed by atoms with van der Waals surface area (Å²) in [6, 6.07) is 3.53. The van der Waals surface area contributed by atoms with Gasteiger partial charge in [0.05, 0.1) is 11.8 Å². The average Bonchev–Trinajstić information content (AvgIpc) is 2.75. The Kier molecular flexibility index (Phi) is 3.92. The van der Waals surface area contributed by atoms with Crippen molar-refractivity contribution >= 4 is 23.5 Å². The molecule has 2 unspecified atom stereocenters. The zero-order valence-electron chi connectivity index (χ0n) is 12.5. The Bertz CT molecular complexity index is 588. The van der Waals surface area contributed by atoms with E-state index in [0.717, 1.165) is 36.1 Å². The maximum Gasteiger partial charge on any atom is 0.245 e. The molecule has 6 nitrogen and oxygen atoms in total. The number of carbonyl (C=O) groups excluding carboxylic acids is 3. The molecule has 1 aliphatic heterocycles. The number of hydrogen-bond donors (Lipinski definition) is 1. The second kappa shape index (κ2) is 5.87. The topological polar surface area (TPSA) is 79.4 Å². The molecular weight excluding hydrogens is 282 g/mol. The quantitative estimate of drug-likeness (QED) is 0.858. The van der Waals surface area contributed by atoms with E-state index in [1.54, 1.807) is 12.3 Å². The highest BCUT2D eigenvalue weighted by molar-refractivity contribution is 6.08. The molecule has 116 valence electrons. The van der Waals surface area contributed by atoms with Crippen LogP contribution in [0, 0.1) is 18.8 Å². The summed E-state index contributed by atoms with van der Waals surface area (Å²) in [6.45, 7) is 1.68. The molecule has 22 heavy (non-hydrogen) atoms. The Morgan fingerprint density at radius 2 is 1.86 bits per heavy atom. The maximum absolute atomic E-state index is 12.3. The molecule has 1 aromatic rings. The molecule has 1 N–H and O–H groups in total. The van der Waals surface area contributed by atoms with Gasteiger partial charge in [0.1, 0.15) is 12.4 Å². The summed E-state index contributed by atoms with van der Waals surface area (Å²) in [5.41, 5.74) is 0.993. The Hall–Kier alpha value is -2.24. The van der Waals surface area contributed by atoms with Gasteiger partial charge in [-0.1, -0.05) is 18.9 Å². The molecule has 6 heteroatoms. The van der Waals surface area contributed by atoms with Gasteiger partial charge < -0.3 is 5.32 Å². The number of nitrogens with one attached hydrogen (secondary N) is 1. The van der Waals surface area contributed by atoms with E-state index < -0.39 is 5.91 Å². The SMILES string of the molecule is Cc1ccc(NC(=O)CN2C(=O)C3CCCCC3C2=O)nc1. The summed E-state index contributed by atoms with van der Waals surface area (Å²) in [7, 11) is 0. The summed E-state index contributed by atoms with van der Waals surface area (Å²) in [5.74, 6) is -0.787. The normalized spacial score (nSPS) is 24.3. The predicted molar refractivity (Wildman–Crippen MR) is 79.8 cm³/mol. The van der Waals surface area contributed by atoms with E-state index in [-0.39, 0.29) is 30.2 Å². The van der Waals surface area contributed by atoms with Gasteiger partial charge in [-0.15, -0.1) is 0 Å². The highest BCUT2D eigenvalue weighted by Gasteiger charge is 2.48. The summed E-state index contributed by atoms with van der Waals surface area (Å²) < 4.78 is 0. The smallest absolute Gasteiger partial charge is 0.245 e. The van der Waals surface area contributed by atoms with Gasteiger partial charge in [0.15, 0.2) is 0 Å². The van der Waals surface area contributed by atoms with Crippen molar-refractivity contribution in [3.63, 3.8) is 0 Å². The van der Waals surface area contributed by atoms with Gasteiger partial charge in [0, 0.05) is 6.20 Å². The molecule has 2 aliphatic rings. The molecule has 0 radical (unpaired) electrons. The lowest BCUT2D eigenvalue weighted by Gasteiger charge is -2.19. The first-order chi connectivity index (χ1) is 10.6. The van der Waals surface area contributed by atoms with Crippen LogP contribution >= 0.6 is 0 Å². The van der Waals surface area contributed by atoms with Crippen LogP contribution in [0.2, 0.25) is 0 Å². The molecule has 2 fully saturated rings. The number of carbonyl (C=O) groups is 3. The standard InChI is InChI=1S/C16H19N3O3/c1-10-6-7-13(17-8-10)18-14(20)9-19-15(21)11-4-2-3-5-12(11)16(19)22/h6-8,11-12H,2-5,9H2,1H3,(H,17,18,20). The van der Waals surface area contributed by atoms with Crippen LogP contribution in [0.4, 0.5) is 5.82 Å². The average molecular weight is 301 g/mol. The number of amides is 3. The van der Waals surface area contributed by atoms with Gasteiger partial charge in [0.25, 0.3) is 0 Å². The number of nitrogens with zero attached hydrogens (tertiary/aromatic N) is 2. The van der Waals surface area contributed by atoms with Crippen LogP contribution in [0.15, 0.2) is 18.3 Å². The summed E-state index contributed by atoms with van der Waals surface area (Å²) in [4.78, 5) is 41.8. The monoisotopic (exact) mass is 301 g/mol. The van der Waals surface area contributed by atoms with Crippen molar-refractivity contribution in [2.75, 3.05) is 11.9 Å². The van der Waals surface area contributed by atoms with Crippen molar-refractivity contribution in [3.05, 3.63) is 23.9 Å². The fraction of sp³-hybridized carbons (Fsp3) is 0.500. The molecule has 0 aromatic carbocycles. The van der Waals surface area contributed by atoms with Crippen molar-refractivity contribution in [3.8, 4) is 0 Å². The molecule has 2 atom stereocenters. The molecule has 0 bridgehead atoms. The third kappa shape index (κ3) is 2.73. The highest BCUT2D eigenvalue weighted by atomic mass is 16.2. The van der Waals surface area contributed by atoms with E-state index in [9.17, 15) is 14.4 Å². The molecule has 3 amide bonds. The second-order valence-electron chi connectivity index (χ2n) is 6.03. The fourth-order valence-electron chi connectivity index (χ4n) is 3.25. The minimum atomic E-state index is -0.392. The minimum Gasteiger partial charge on any atom is -0.309 e. The molecule has 0 spiro atoms. The number of rotatable bonds is 3. The van der Waals surface area contributed by atoms with E-state index in [1.807, 2.05) is 13.0 Å². The first-order valence-corrected chi connectivity index (χ1v) is 7.64. The Morgan fingerprint density at radius 1 is 1.23 bits per heavy atom. The van der Waals surface area contributed by atoms with E-state index in [4.69, 9.17) is 0 Å². The van der Waals surface area contributed by atoms with E-state index in [1.165, 1.54) is 0 Å². The van der Waals surface area contributed by atoms with E-state index in [0.29, 0.717) is 5.82 Å². The summed E-state index contributed by atoms with van der Waals surface area (Å²) in [6.07, 6.45) is 5.12. The van der Waals surface area contributed by atoms with Crippen LogP contribution in [0.1, 0.15) is 31.2 Å². The Morgan fingerprint density at radius 3 is 2.41 bits per heavy atom. The predicted octanol–water partition coefficient (Wildman–Crippen LogP) is 1.50. The van der Waals surface area contributed by atoms with Crippen molar-refractivity contribution in [1.29, 1.82) is 0 Å². The number of pyridine rings is 1. The number of hydrogen-bond acceptors (Lipinski definition) is 4. The first kappa shape index (κ1) is 14.7. The van der Waals surface area contributed by atoms with E-state index >= 15 is 0 Å². The van der Waals surface area contributed by atoms with Gasteiger partial charge in [-0.05, 0) is 31.4 Å². The van der Waals surface area contributed by atoms with Gasteiger partial charge in [0.2, 0.25) is 17.7 Å². The zero-order chi connectivity index (χ0) is 15.7. The molecule has 1 aliphatic carbocycles. The number of imide groups is 1. The third-order valence-electron chi connectivity index (χ3n) is 4.41. The van der Waals surface area contributed by atoms with Crippen molar-refractivity contribution in [2.24, 2.45) is 11.8 Å². The van der Waals surface area contributed by atoms with Gasteiger partial charge in [-0.25, -0.2) is 4.98 Å². The Labute approximate surface area is 128 Å². The number of fused-ring (bicyclic) bond motifs is 1. The number of likely N-dealkylation sites (tertiary alicyclic amines) is 1. The van der Waals surface area contributed by atoms with Gasteiger partial charge in [-0.3, -0.25) is 19.3 Å². The Balaban J connectivity index is 1.64. The molecule has 1 aromatic heterocycles. The highest BCUT2D eigenvalue weighted by Crippen LogP contribution is 2.37. The largest absolute Gasteiger partial charge is 0.309 e. The molecular formula is C16H19N3O3. The lowest BCUT2D eigenvalue weighted by molar-refractivity contribution is -0.142. The first-order valence-electron chi connectivity index (χ1n) is 7.64. The zero-order valence-corrected chi connectivity index (χ0v) is 12.5. The number of anilines is 1. The summed E-state index contributed by atoms with van der Waals surface area (Å²) in [5, 5.41) is 2.62. The van der Waals surface area contributed by atoms with Crippen LogP contribution in [0.5, 0.6) is 0 Å². The fourth-order valence-corrected chi connectivity index (χ4v) is 3.25. The van der Waals surface area contributed by atoms with E-state index in [2.05, 4.69) is 10.3 Å².